The highest BCUT2D eigenvalue weighted by Crippen LogP contribution is 2.19. The molecule has 124 valence electrons. The molecule has 0 aliphatic carbocycles. The van der Waals surface area contributed by atoms with Crippen molar-refractivity contribution >= 4 is 33.6 Å². The molecular weight excluding hydrogens is 330 g/mol. The van der Waals surface area contributed by atoms with E-state index in [-0.39, 0.29) is 0 Å². The Bertz CT molecular complexity index is 1020. The average Bonchev–Trinajstić information content (AvgIpc) is 3.22. The standard InChI is InChI=1S/C19H17N5S/c1-14-13-25-19(22-14)23-21-11-15-4-5-17-6-8-24(18(17)9-15)12-16-3-2-7-20-10-16/h2-11,13H,12H2,1H3,(H,22,23). The lowest BCUT2D eigenvalue weighted by Crippen LogP contribution is -1.98. The van der Waals surface area contributed by atoms with E-state index in [1.807, 2.05) is 30.8 Å². The second-order valence-corrected chi connectivity index (χ2v) is 6.65. The maximum atomic E-state index is 4.33. The predicted octanol–water partition coefficient (Wildman–Crippen LogP) is 4.30. The van der Waals surface area contributed by atoms with Gasteiger partial charge in [-0.15, -0.1) is 11.3 Å². The zero-order chi connectivity index (χ0) is 17.1. The molecule has 0 fully saturated rings. The molecule has 6 heteroatoms. The summed E-state index contributed by atoms with van der Waals surface area (Å²) in [5.74, 6) is 0. The number of rotatable bonds is 5. The van der Waals surface area contributed by atoms with E-state index in [0.717, 1.165) is 22.9 Å². The number of aromatic nitrogens is 3. The number of hydrogen-bond acceptors (Lipinski definition) is 5. The van der Waals surface area contributed by atoms with Crippen molar-refractivity contribution in [1.82, 2.24) is 14.5 Å². The number of nitrogens with zero attached hydrogens (tertiary/aromatic N) is 4. The van der Waals surface area contributed by atoms with Crippen molar-refractivity contribution in [2.24, 2.45) is 5.10 Å². The number of anilines is 1. The van der Waals surface area contributed by atoms with E-state index in [4.69, 9.17) is 0 Å². The molecule has 0 amide bonds. The van der Waals surface area contributed by atoms with Crippen LogP contribution in [0.5, 0.6) is 0 Å². The number of pyridine rings is 1. The number of fused-ring (bicyclic) bond motifs is 1. The fraction of sp³-hybridized carbons (Fsp3) is 0.105. The molecule has 0 spiro atoms. The van der Waals surface area contributed by atoms with Crippen LogP contribution in [0.3, 0.4) is 0 Å². The second kappa shape index (κ2) is 6.86. The Morgan fingerprint density at radius 1 is 1.28 bits per heavy atom. The van der Waals surface area contributed by atoms with Crippen LogP contribution in [0.1, 0.15) is 16.8 Å². The minimum atomic E-state index is 0.800. The molecule has 0 aliphatic heterocycles. The predicted molar refractivity (Wildman–Crippen MR) is 103 cm³/mol. The van der Waals surface area contributed by atoms with Gasteiger partial charge in [-0.1, -0.05) is 18.2 Å². The third kappa shape index (κ3) is 3.59. The first-order valence-corrected chi connectivity index (χ1v) is 8.85. The summed E-state index contributed by atoms with van der Waals surface area (Å²) in [4.78, 5) is 8.51. The summed E-state index contributed by atoms with van der Waals surface area (Å²) in [5.41, 5.74) is 7.37. The van der Waals surface area contributed by atoms with E-state index in [2.05, 4.69) is 61.6 Å². The topological polar surface area (TPSA) is 55.1 Å². The molecule has 0 saturated heterocycles. The Morgan fingerprint density at radius 3 is 3.04 bits per heavy atom. The molecule has 0 bridgehead atoms. The fourth-order valence-corrected chi connectivity index (χ4v) is 3.31. The van der Waals surface area contributed by atoms with Crippen LogP contribution in [0.15, 0.2) is 65.5 Å². The summed E-state index contributed by atoms with van der Waals surface area (Å²) in [6.45, 7) is 2.77. The minimum Gasteiger partial charge on any atom is -0.343 e. The first-order chi connectivity index (χ1) is 12.3. The lowest BCUT2D eigenvalue weighted by atomic mass is 10.2. The van der Waals surface area contributed by atoms with E-state index >= 15 is 0 Å². The number of hydrogen-bond donors (Lipinski definition) is 1. The molecule has 0 saturated carbocycles. The highest BCUT2D eigenvalue weighted by molar-refractivity contribution is 7.13. The largest absolute Gasteiger partial charge is 0.343 e. The van der Waals surface area contributed by atoms with Crippen LogP contribution in [-0.4, -0.2) is 20.7 Å². The lowest BCUT2D eigenvalue weighted by molar-refractivity contribution is 0.831. The molecule has 25 heavy (non-hydrogen) atoms. The van der Waals surface area contributed by atoms with Gasteiger partial charge in [-0.3, -0.25) is 10.4 Å². The van der Waals surface area contributed by atoms with E-state index in [0.29, 0.717) is 0 Å². The Balaban J connectivity index is 1.55. The maximum absolute atomic E-state index is 4.33. The third-order valence-corrected chi connectivity index (χ3v) is 4.73. The minimum absolute atomic E-state index is 0.800. The van der Waals surface area contributed by atoms with Crippen molar-refractivity contribution in [2.75, 3.05) is 5.43 Å². The zero-order valence-corrected chi connectivity index (χ0v) is 14.6. The number of thiazole rings is 1. The molecule has 1 N–H and O–H groups in total. The lowest BCUT2D eigenvalue weighted by Gasteiger charge is -2.06. The fourth-order valence-electron chi connectivity index (χ4n) is 2.67. The Labute approximate surface area is 149 Å². The smallest absolute Gasteiger partial charge is 0.203 e. The second-order valence-electron chi connectivity index (χ2n) is 5.79. The molecule has 1 aromatic carbocycles. The van der Waals surface area contributed by atoms with Crippen molar-refractivity contribution in [3.05, 3.63) is 77.2 Å². The van der Waals surface area contributed by atoms with Crippen LogP contribution in [0.4, 0.5) is 5.13 Å². The molecule has 0 aliphatic rings. The van der Waals surface area contributed by atoms with Crippen LogP contribution in [0.2, 0.25) is 0 Å². The number of aryl methyl sites for hydroxylation is 1. The van der Waals surface area contributed by atoms with E-state index in [1.165, 1.54) is 16.5 Å². The number of hydrazone groups is 1. The van der Waals surface area contributed by atoms with Crippen molar-refractivity contribution in [3.8, 4) is 0 Å². The first-order valence-electron chi connectivity index (χ1n) is 7.97. The van der Waals surface area contributed by atoms with Crippen molar-refractivity contribution in [3.63, 3.8) is 0 Å². The number of benzene rings is 1. The summed E-state index contributed by atoms with van der Waals surface area (Å²) in [7, 11) is 0. The summed E-state index contributed by atoms with van der Waals surface area (Å²) >= 11 is 1.55. The van der Waals surface area contributed by atoms with Gasteiger partial charge in [0, 0.05) is 36.0 Å². The normalized spacial score (nSPS) is 11.4. The Morgan fingerprint density at radius 2 is 2.24 bits per heavy atom. The van der Waals surface area contributed by atoms with Gasteiger partial charge in [0.25, 0.3) is 0 Å². The molecule has 4 aromatic rings. The Kier molecular flexibility index (Phi) is 4.26. The van der Waals surface area contributed by atoms with E-state index < -0.39 is 0 Å². The van der Waals surface area contributed by atoms with Crippen molar-refractivity contribution < 1.29 is 0 Å². The highest BCUT2D eigenvalue weighted by Gasteiger charge is 2.03. The van der Waals surface area contributed by atoms with Gasteiger partial charge in [0.2, 0.25) is 5.13 Å². The Hall–Kier alpha value is -2.99. The highest BCUT2D eigenvalue weighted by atomic mass is 32.1. The maximum Gasteiger partial charge on any atom is 0.203 e. The molecule has 0 radical (unpaired) electrons. The van der Waals surface area contributed by atoms with Crippen LogP contribution in [0.25, 0.3) is 10.9 Å². The molecule has 0 unspecified atom stereocenters. The molecule has 4 rings (SSSR count). The van der Waals surface area contributed by atoms with Gasteiger partial charge >= 0.3 is 0 Å². The quantitative estimate of drug-likeness (QED) is 0.433. The van der Waals surface area contributed by atoms with Gasteiger partial charge in [0.15, 0.2) is 0 Å². The average molecular weight is 347 g/mol. The first kappa shape index (κ1) is 15.5. The van der Waals surface area contributed by atoms with Crippen molar-refractivity contribution in [1.29, 1.82) is 0 Å². The molecule has 3 heterocycles. The summed E-state index contributed by atoms with van der Waals surface area (Å²) in [6.07, 6.45) is 7.62. The molecular formula is C19H17N5S. The van der Waals surface area contributed by atoms with Gasteiger partial charge < -0.3 is 4.57 Å². The van der Waals surface area contributed by atoms with E-state index in [1.54, 1.807) is 17.5 Å². The van der Waals surface area contributed by atoms with Gasteiger partial charge in [0.05, 0.1) is 11.9 Å². The van der Waals surface area contributed by atoms with Crippen LogP contribution >= 0.6 is 11.3 Å². The van der Waals surface area contributed by atoms with Gasteiger partial charge in [-0.05, 0) is 41.6 Å². The van der Waals surface area contributed by atoms with Crippen molar-refractivity contribution in [2.45, 2.75) is 13.5 Å². The van der Waals surface area contributed by atoms with Gasteiger partial charge in [0.1, 0.15) is 0 Å². The van der Waals surface area contributed by atoms with Crippen LogP contribution < -0.4 is 5.43 Å². The molecule has 0 atom stereocenters. The molecule has 3 aromatic heterocycles. The monoisotopic (exact) mass is 347 g/mol. The number of nitrogens with one attached hydrogen (secondary N) is 1. The summed E-state index contributed by atoms with van der Waals surface area (Å²) in [5, 5.41) is 8.29. The van der Waals surface area contributed by atoms with Crippen LogP contribution in [0, 0.1) is 6.92 Å². The molecule has 5 nitrogen and oxygen atoms in total. The van der Waals surface area contributed by atoms with Gasteiger partial charge in [-0.2, -0.15) is 5.10 Å². The van der Waals surface area contributed by atoms with Gasteiger partial charge in [-0.25, -0.2) is 4.98 Å². The van der Waals surface area contributed by atoms with Crippen LogP contribution in [-0.2, 0) is 6.54 Å². The summed E-state index contributed by atoms with van der Waals surface area (Å²) in [6, 6.07) is 12.5. The summed E-state index contributed by atoms with van der Waals surface area (Å²) < 4.78 is 2.22. The zero-order valence-electron chi connectivity index (χ0n) is 13.8. The van der Waals surface area contributed by atoms with E-state index in [9.17, 15) is 0 Å². The third-order valence-electron chi connectivity index (χ3n) is 3.87. The SMILES string of the molecule is Cc1csc(NN=Cc2ccc3ccn(Cc4cccnc4)c3c2)n1.